The predicted octanol–water partition coefficient (Wildman–Crippen LogP) is 4.38. The van der Waals surface area contributed by atoms with Crippen LogP contribution < -0.4 is 15.4 Å². The molecule has 0 saturated heterocycles. The van der Waals surface area contributed by atoms with E-state index in [4.69, 9.17) is 0 Å². The van der Waals surface area contributed by atoms with Crippen molar-refractivity contribution >= 4 is 49.8 Å². The number of rotatable bonds is 8. The molecule has 1 amide bonds. The van der Waals surface area contributed by atoms with Crippen molar-refractivity contribution < 1.29 is 22.0 Å². The third kappa shape index (κ3) is 4.96. The minimum absolute atomic E-state index is 0.158. The normalized spacial score (nSPS) is 11.4. The number of sulfonamides is 1. The number of H-pyrrole nitrogens is 1. The number of carbonyl (C=O) groups is 1. The summed E-state index contributed by atoms with van der Waals surface area (Å²) in [7, 11) is -3.84. The summed E-state index contributed by atoms with van der Waals surface area (Å²) in [6, 6.07) is 12.5. The van der Waals surface area contributed by atoms with Crippen molar-refractivity contribution in [3.05, 3.63) is 71.9 Å². The molecule has 2 heterocycles. The fourth-order valence-corrected chi connectivity index (χ4v) is 4.38. The number of carbonyl (C=O) groups excluding carboxylic acids is 1. The number of hydrogen-bond donors (Lipinski definition) is 4. The highest BCUT2D eigenvalue weighted by Crippen LogP contribution is 2.27. The maximum atomic E-state index is 14.9. The lowest BCUT2D eigenvalue weighted by molar-refractivity contribution is 0.101. The van der Waals surface area contributed by atoms with E-state index in [-0.39, 0.29) is 11.4 Å². The molecule has 4 rings (SSSR count). The zero-order chi connectivity index (χ0) is 24.3. The molecule has 12 heteroatoms. The standard InChI is InChI=1S/C22H20F2N6O3S/c1-2-10-34(32,33)30-17-9-8-16(23)18(19(17)24)22(31)27-14-11-15-20(25-12-14)28-29-21(15)26-13-6-4-3-5-7-13/h3-9,11-12,30H,2,10H2,1H3,(H,27,31)(H2,25,26,28,29). The van der Waals surface area contributed by atoms with Crippen LogP contribution in [-0.2, 0) is 10.0 Å². The number of pyridine rings is 1. The smallest absolute Gasteiger partial charge is 0.261 e. The van der Waals surface area contributed by atoms with E-state index >= 15 is 0 Å². The van der Waals surface area contributed by atoms with Crippen molar-refractivity contribution in [2.24, 2.45) is 0 Å². The van der Waals surface area contributed by atoms with Gasteiger partial charge < -0.3 is 10.6 Å². The van der Waals surface area contributed by atoms with Gasteiger partial charge in [-0.15, -0.1) is 0 Å². The molecule has 9 nitrogen and oxygen atoms in total. The van der Waals surface area contributed by atoms with E-state index < -0.39 is 38.8 Å². The molecule has 4 N–H and O–H groups in total. The molecule has 0 aliphatic carbocycles. The van der Waals surface area contributed by atoms with Gasteiger partial charge in [0.25, 0.3) is 5.91 Å². The largest absolute Gasteiger partial charge is 0.338 e. The minimum atomic E-state index is -3.84. The Morgan fingerprint density at radius 2 is 1.85 bits per heavy atom. The van der Waals surface area contributed by atoms with E-state index in [1.54, 1.807) is 13.0 Å². The Kier molecular flexibility index (Phi) is 6.41. The van der Waals surface area contributed by atoms with Crippen LogP contribution >= 0.6 is 0 Å². The zero-order valence-electron chi connectivity index (χ0n) is 17.9. The highest BCUT2D eigenvalue weighted by molar-refractivity contribution is 7.92. The first-order valence-electron chi connectivity index (χ1n) is 10.2. The predicted molar refractivity (Wildman–Crippen MR) is 126 cm³/mol. The Morgan fingerprint density at radius 3 is 2.59 bits per heavy atom. The van der Waals surface area contributed by atoms with E-state index in [1.807, 2.05) is 35.1 Å². The van der Waals surface area contributed by atoms with Crippen LogP contribution in [0.3, 0.4) is 0 Å². The Labute approximate surface area is 193 Å². The lowest BCUT2D eigenvalue weighted by atomic mass is 10.1. The summed E-state index contributed by atoms with van der Waals surface area (Å²) in [6.07, 6.45) is 1.60. The second-order valence-electron chi connectivity index (χ2n) is 7.34. The number of hydrogen-bond acceptors (Lipinski definition) is 6. The van der Waals surface area contributed by atoms with Gasteiger partial charge in [0.15, 0.2) is 17.3 Å². The van der Waals surface area contributed by atoms with Gasteiger partial charge in [-0.05, 0) is 36.8 Å². The van der Waals surface area contributed by atoms with Crippen LogP contribution in [0.2, 0.25) is 0 Å². The number of halogens is 2. The molecular formula is C22H20F2N6O3S. The summed E-state index contributed by atoms with van der Waals surface area (Å²) in [6.45, 7) is 1.64. The molecule has 0 fully saturated rings. The van der Waals surface area contributed by atoms with Gasteiger partial charge in [0, 0.05) is 5.69 Å². The number of aromatic amines is 1. The number of fused-ring (bicyclic) bond motifs is 1. The topological polar surface area (TPSA) is 129 Å². The average molecular weight is 487 g/mol. The molecule has 0 atom stereocenters. The van der Waals surface area contributed by atoms with E-state index in [0.717, 1.165) is 17.8 Å². The number of benzene rings is 2. The molecular weight excluding hydrogens is 466 g/mol. The summed E-state index contributed by atoms with van der Waals surface area (Å²) >= 11 is 0. The van der Waals surface area contributed by atoms with Gasteiger partial charge in [0.2, 0.25) is 10.0 Å². The van der Waals surface area contributed by atoms with Crippen LogP contribution in [-0.4, -0.2) is 35.3 Å². The number of nitrogens with zero attached hydrogens (tertiary/aromatic N) is 2. The van der Waals surface area contributed by atoms with Gasteiger partial charge in [0.05, 0.1) is 28.7 Å². The quantitative estimate of drug-likeness (QED) is 0.293. The molecule has 34 heavy (non-hydrogen) atoms. The second-order valence-corrected chi connectivity index (χ2v) is 9.18. The lowest BCUT2D eigenvalue weighted by Crippen LogP contribution is -2.20. The molecule has 2 aromatic carbocycles. The minimum Gasteiger partial charge on any atom is -0.338 e. The van der Waals surface area contributed by atoms with Gasteiger partial charge >= 0.3 is 0 Å². The first-order chi connectivity index (χ1) is 16.3. The summed E-state index contributed by atoms with van der Waals surface area (Å²) in [4.78, 5) is 16.9. The van der Waals surface area contributed by atoms with E-state index in [9.17, 15) is 22.0 Å². The van der Waals surface area contributed by atoms with Crippen molar-refractivity contribution in [2.45, 2.75) is 13.3 Å². The number of para-hydroxylation sites is 1. The van der Waals surface area contributed by atoms with E-state index in [2.05, 4.69) is 25.8 Å². The lowest BCUT2D eigenvalue weighted by Gasteiger charge is -2.12. The Bertz CT molecular complexity index is 1460. The highest BCUT2D eigenvalue weighted by Gasteiger charge is 2.23. The van der Waals surface area contributed by atoms with Gasteiger partial charge in [-0.3, -0.25) is 14.6 Å². The van der Waals surface area contributed by atoms with E-state index in [0.29, 0.717) is 23.3 Å². The number of anilines is 4. The molecule has 4 aromatic rings. The fraction of sp³-hybridized carbons (Fsp3) is 0.136. The maximum Gasteiger partial charge on any atom is 0.261 e. The van der Waals surface area contributed by atoms with E-state index in [1.165, 1.54) is 6.20 Å². The van der Waals surface area contributed by atoms with Crippen LogP contribution in [0.15, 0.2) is 54.7 Å². The van der Waals surface area contributed by atoms with Crippen molar-refractivity contribution in [3.8, 4) is 0 Å². The summed E-state index contributed by atoms with van der Waals surface area (Å²) in [5, 5.41) is 13.0. The Balaban J connectivity index is 1.61. The number of nitrogens with one attached hydrogen (secondary N) is 4. The molecule has 0 bridgehead atoms. The van der Waals surface area contributed by atoms with Crippen LogP contribution in [0.5, 0.6) is 0 Å². The van der Waals surface area contributed by atoms with Crippen molar-refractivity contribution in [1.29, 1.82) is 0 Å². The summed E-state index contributed by atoms with van der Waals surface area (Å²) in [5.41, 5.74) is -0.0758. The number of aromatic nitrogens is 3. The molecule has 0 saturated carbocycles. The van der Waals surface area contributed by atoms with Crippen molar-refractivity contribution in [3.63, 3.8) is 0 Å². The van der Waals surface area contributed by atoms with Crippen LogP contribution in [0.4, 0.5) is 31.7 Å². The van der Waals surface area contributed by atoms with Gasteiger partial charge in [-0.2, -0.15) is 5.10 Å². The number of amides is 1. The van der Waals surface area contributed by atoms with Gasteiger partial charge in [-0.25, -0.2) is 22.2 Å². The Hall–Kier alpha value is -4.06. The fourth-order valence-electron chi connectivity index (χ4n) is 3.25. The molecule has 0 unspecified atom stereocenters. The monoisotopic (exact) mass is 486 g/mol. The summed E-state index contributed by atoms with van der Waals surface area (Å²) in [5.74, 6) is -3.37. The average Bonchev–Trinajstić information content (AvgIpc) is 3.18. The third-order valence-corrected chi connectivity index (χ3v) is 6.24. The second kappa shape index (κ2) is 9.43. The van der Waals surface area contributed by atoms with Crippen molar-refractivity contribution in [2.75, 3.05) is 21.1 Å². The summed E-state index contributed by atoms with van der Waals surface area (Å²) < 4.78 is 55.2. The molecule has 0 spiro atoms. The Morgan fingerprint density at radius 1 is 1.09 bits per heavy atom. The van der Waals surface area contributed by atoms with Gasteiger partial charge in [-0.1, -0.05) is 25.1 Å². The van der Waals surface area contributed by atoms with Crippen molar-refractivity contribution in [1.82, 2.24) is 15.2 Å². The van der Waals surface area contributed by atoms with Gasteiger partial charge in [0.1, 0.15) is 11.4 Å². The highest BCUT2D eigenvalue weighted by atomic mass is 32.2. The molecule has 176 valence electrons. The molecule has 2 aromatic heterocycles. The van der Waals surface area contributed by atoms with Crippen LogP contribution in [0.1, 0.15) is 23.7 Å². The zero-order valence-corrected chi connectivity index (χ0v) is 18.7. The molecule has 0 aliphatic heterocycles. The maximum absolute atomic E-state index is 14.9. The van der Waals surface area contributed by atoms with Crippen LogP contribution in [0.25, 0.3) is 11.0 Å². The first kappa shape index (κ1) is 23.1. The van der Waals surface area contributed by atoms with Crippen LogP contribution in [0, 0.1) is 11.6 Å². The molecule has 0 aliphatic rings. The third-order valence-electron chi connectivity index (χ3n) is 4.77. The first-order valence-corrected chi connectivity index (χ1v) is 11.9. The SMILES string of the molecule is CCCS(=O)(=O)Nc1ccc(F)c(C(=O)Nc2cnc3[nH]nc(Nc4ccccc4)c3c2)c1F. The molecule has 0 radical (unpaired) electrons.